The van der Waals surface area contributed by atoms with Crippen LogP contribution in [0.1, 0.15) is 19.8 Å². The van der Waals surface area contributed by atoms with Gasteiger partial charge in [0.25, 0.3) is 6.69 Å². The van der Waals surface area contributed by atoms with Crippen LogP contribution in [0.2, 0.25) is 6.55 Å². The lowest BCUT2D eigenvalue weighted by Gasteiger charge is -2.22. The van der Waals surface area contributed by atoms with Gasteiger partial charge in [0.15, 0.2) is 0 Å². The zero-order valence-corrected chi connectivity index (χ0v) is 9.96. The lowest BCUT2D eigenvalue weighted by Crippen LogP contribution is -2.35. The number of hydrogen-bond donors (Lipinski definition) is 0. The molecule has 0 aromatic heterocycles. The van der Waals surface area contributed by atoms with Gasteiger partial charge in [-0.15, -0.1) is 22.2 Å². The number of hydrogen-bond acceptors (Lipinski definition) is 1. The van der Waals surface area contributed by atoms with Gasteiger partial charge in [-0.25, -0.2) is 0 Å². The summed E-state index contributed by atoms with van der Waals surface area (Å²) in [5, 5.41) is 0. The summed E-state index contributed by atoms with van der Waals surface area (Å²) in [4.78, 5) is 0. The first-order valence-electron chi connectivity index (χ1n) is 4.07. The maximum atomic E-state index is 11.7. The van der Waals surface area contributed by atoms with Gasteiger partial charge in [-0.05, 0) is 19.4 Å². The molecule has 0 spiro atoms. The van der Waals surface area contributed by atoms with E-state index in [-0.39, 0.29) is 12.4 Å². The van der Waals surface area contributed by atoms with E-state index in [9.17, 15) is 4.39 Å². The molecule has 0 N–H and O–H groups in total. The predicted octanol–water partition coefficient (Wildman–Crippen LogP) is 3.23. The normalized spacial score (nSPS) is 14.8. The van der Waals surface area contributed by atoms with E-state index in [0.717, 1.165) is 6.42 Å². The van der Waals surface area contributed by atoms with Gasteiger partial charge in [-0.3, -0.25) is 4.39 Å². The topological polar surface area (TPSA) is 9.23 Å². The van der Waals surface area contributed by atoms with Crippen molar-refractivity contribution in [2.24, 2.45) is 0 Å². The van der Waals surface area contributed by atoms with Gasteiger partial charge in [0.1, 0.15) is 0 Å². The molecule has 0 fully saturated rings. The Bertz CT molecular complexity index is 118. The highest BCUT2D eigenvalue weighted by Crippen LogP contribution is 2.23. The molecule has 1 unspecified atom stereocenters. The van der Waals surface area contributed by atoms with Gasteiger partial charge in [0.05, 0.1) is 12.4 Å². The summed E-state index contributed by atoms with van der Waals surface area (Å²) in [5.41, 5.74) is -0.0765. The molecule has 0 aromatic carbocycles. The molecule has 0 rings (SSSR count). The van der Waals surface area contributed by atoms with Crippen LogP contribution in [0.3, 0.4) is 0 Å². The molecule has 12 heavy (non-hydrogen) atoms. The molecule has 0 saturated heterocycles. The standard InChI is InChI=1S/C7H15Cl2FOSi/c1-3-7(12(2,8)9)11-6-4-5-10/h7H,3-6H2,1-2H3. The van der Waals surface area contributed by atoms with Crippen LogP contribution in [0.15, 0.2) is 0 Å². The smallest absolute Gasteiger partial charge is 0.275 e. The summed E-state index contributed by atoms with van der Waals surface area (Å²) < 4.78 is 17.1. The van der Waals surface area contributed by atoms with E-state index in [4.69, 9.17) is 26.9 Å². The molecule has 0 radical (unpaired) electrons. The molecule has 0 aromatic rings. The molecule has 1 atom stereocenters. The minimum absolute atomic E-state index is 0.0765. The van der Waals surface area contributed by atoms with E-state index in [1.54, 1.807) is 0 Å². The number of alkyl halides is 1. The Morgan fingerprint density at radius 2 is 2.08 bits per heavy atom. The quantitative estimate of drug-likeness (QED) is 0.389. The first-order chi connectivity index (χ1) is 5.52. The van der Waals surface area contributed by atoms with Crippen LogP contribution >= 0.6 is 22.2 Å². The van der Waals surface area contributed by atoms with Crippen LogP contribution in [0.25, 0.3) is 0 Å². The number of ether oxygens (including phenoxy) is 1. The largest absolute Gasteiger partial charge is 0.379 e. The third kappa shape index (κ3) is 5.35. The molecule has 0 bridgehead atoms. The second kappa shape index (κ2) is 6.19. The van der Waals surface area contributed by atoms with E-state index in [1.807, 2.05) is 13.5 Å². The van der Waals surface area contributed by atoms with Crippen LogP contribution < -0.4 is 0 Å². The summed E-state index contributed by atoms with van der Waals surface area (Å²) in [6, 6.07) is 0. The van der Waals surface area contributed by atoms with E-state index >= 15 is 0 Å². The fourth-order valence-corrected chi connectivity index (χ4v) is 3.33. The van der Waals surface area contributed by atoms with Crippen molar-refractivity contribution in [2.45, 2.75) is 32.0 Å². The second-order valence-electron chi connectivity index (χ2n) is 2.77. The first-order valence-corrected chi connectivity index (χ1v) is 8.67. The minimum Gasteiger partial charge on any atom is -0.379 e. The third-order valence-corrected chi connectivity index (χ3v) is 4.70. The maximum absolute atomic E-state index is 11.7. The third-order valence-electron chi connectivity index (χ3n) is 1.53. The van der Waals surface area contributed by atoms with Crippen LogP contribution in [0.5, 0.6) is 0 Å². The summed E-state index contributed by atoms with van der Waals surface area (Å²) >= 11 is 11.9. The molecular formula is C7H15Cl2FOSi. The molecule has 5 heteroatoms. The summed E-state index contributed by atoms with van der Waals surface area (Å²) in [5.74, 6) is 0. The maximum Gasteiger partial charge on any atom is 0.275 e. The van der Waals surface area contributed by atoms with Crippen molar-refractivity contribution in [3.63, 3.8) is 0 Å². The fraction of sp³-hybridized carbons (Fsp3) is 1.00. The molecule has 0 aliphatic heterocycles. The van der Waals surface area contributed by atoms with E-state index in [2.05, 4.69) is 0 Å². The Balaban J connectivity index is 3.68. The van der Waals surface area contributed by atoms with Gasteiger partial charge in [-0.2, -0.15) is 0 Å². The van der Waals surface area contributed by atoms with Crippen LogP contribution in [-0.4, -0.2) is 25.7 Å². The predicted molar refractivity (Wildman–Crippen MR) is 53.9 cm³/mol. The van der Waals surface area contributed by atoms with Crippen LogP contribution in [0.4, 0.5) is 4.39 Å². The summed E-state index contributed by atoms with van der Waals surface area (Å²) in [7, 11) is 0. The van der Waals surface area contributed by atoms with Gasteiger partial charge in [-0.1, -0.05) is 6.92 Å². The lowest BCUT2D eigenvalue weighted by atomic mass is 10.5. The van der Waals surface area contributed by atoms with Gasteiger partial charge in [0.2, 0.25) is 0 Å². The second-order valence-corrected chi connectivity index (χ2v) is 10.6. The Morgan fingerprint density at radius 1 is 1.50 bits per heavy atom. The minimum atomic E-state index is -2.24. The van der Waals surface area contributed by atoms with Crippen molar-refractivity contribution in [2.75, 3.05) is 13.3 Å². The molecule has 0 amide bonds. The summed E-state index contributed by atoms with van der Waals surface area (Å²) in [6.07, 6.45) is 1.22. The Kier molecular flexibility index (Phi) is 6.54. The zero-order valence-electron chi connectivity index (χ0n) is 7.45. The van der Waals surface area contributed by atoms with Crippen molar-refractivity contribution in [1.29, 1.82) is 0 Å². The molecule has 74 valence electrons. The van der Waals surface area contributed by atoms with Gasteiger partial charge in [0, 0.05) is 6.61 Å². The average molecular weight is 233 g/mol. The molecular weight excluding hydrogens is 218 g/mol. The highest BCUT2D eigenvalue weighted by molar-refractivity contribution is 7.45. The highest BCUT2D eigenvalue weighted by Gasteiger charge is 2.32. The van der Waals surface area contributed by atoms with Crippen LogP contribution in [0, 0.1) is 0 Å². The Morgan fingerprint density at radius 3 is 2.42 bits per heavy atom. The fourth-order valence-electron chi connectivity index (χ4n) is 0.903. The Labute approximate surface area is 83.6 Å². The Hall–Kier alpha value is 0.687. The van der Waals surface area contributed by atoms with E-state index in [1.165, 1.54) is 0 Å². The molecule has 0 aliphatic rings. The van der Waals surface area contributed by atoms with Crippen molar-refractivity contribution in [3.8, 4) is 0 Å². The van der Waals surface area contributed by atoms with Gasteiger partial charge < -0.3 is 4.74 Å². The molecule has 0 saturated carbocycles. The van der Waals surface area contributed by atoms with Crippen molar-refractivity contribution < 1.29 is 9.13 Å². The zero-order chi connectivity index (χ0) is 9.61. The first kappa shape index (κ1) is 12.7. The van der Waals surface area contributed by atoms with Crippen LogP contribution in [-0.2, 0) is 4.74 Å². The molecule has 0 aliphatic carbocycles. The number of halogens is 3. The SMILES string of the molecule is CCC(OCCCF)[Si](C)(Cl)Cl. The van der Waals surface area contributed by atoms with E-state index in [0.29, 0.717) is 13.0 Å². The number of rotatable bonds is 6. The highest BCUT2D eigenvalue weighted by atomic mass is 35.7. The monoisotopic (exact) mass is 232 g/mol. The van der Waals surface area contributed by atoms with E-state index < -0.39 is 6.69 Å². The summed E-state index contributed by atoms with van der Waals surface area (Å²) in [6.45, 7) is 1.62. The molecule has 1 nitrogen and oxygen atoms in total. The van der Waals surface area contributed by atoms with Crippen molar-refractivity contribution in [1.82, 2.24) is 0 Å². The van der Waals surface area contributed by atoms with Crippen molar-refractivity contribution in [3.05, 3.63) is 0 Å². The average Bonchev–Trinajstić information content (AvgIpc) is 1.95. The van der Waals surface area contributed by atoms with Crippen molar-refractivity contribution >= 4 is 28.9 Å². The van der Waals surface area contributed by atoms with Gasteiger partial charge >= 0.3 is 0 Å². The molecule has 0 heterocycles. The lowest BCUT2D eigenvalue weighted by molar-refractivity contribution is 0.0941.